The Morgan fingerprint density at radius 2 is 1.70 bits per heavy atom. The second kappa shape index (κ2) is 8.41. The zero-order valence-corrected chi connectivity index (χ0v) is 15.1. The lowest BCUT2D eigenvalue weighted by Gasteiger charge is -2.17. The van der Waals surface area contributed by atoms with Crippen molar-refractivity contribution in [3.63, 3.8) is 0 Å². The van der Waals surface area contributed by atoms with Gasteiger partial charge >= 0.3 is 12.1 Å². The van der Waals surface area contributed by atoms with Crippen LogP contribution in [0.15, 0.2) is 48.5 Å². The van der Waals surface area contributed by atoms with Gasteiger partial charge in [0.05, 0.1) is 0 Å². The van der Waals surface area contributed by atoms with Gasteiger partial charge in [-0.2, -0.15) is 0 Å². The van der Waals surface area contributed by atoms with Crippen molar-refractivity contribution >= 4 is 12.1 Å². The molecule has 5 heteroatoms. The molecule has 0 unspecified atom stereocenters. The summed E-state index contributed by atoms with van der Waals surface area (Å²) in [4.78, 5) is 23.4. The average Bonchev–Trinajstić information content (AvgIpc) is 2.99. The van der Waals surface area contributed by atoms with Gasteiger partial charge in [-0.3, -0.25) is 0 Å². The van der Waals surface area contributed by atoms with Gasteiger partial charge in [0, 0.05) is 12.3 Å². The fraction of sp³-hybridized carbons (Fsp3) is 0.273. The molecule has 1 atom stereocenters. The Morgan fingerprint density at radius 3 is 2.26 bits per heavy atom. The van der Waals surface area contributed by atoms with Gasteiger partial charge in [0.1, 0.15) is 12.6 Å². The van der Waals surface area contributed by atoms with Crippen LogP contribution < -0.4 is 5.32 Å². The molecule has 0 bridgehead atoms. The highest BCUT2D eigenvalue weighted by molar-refractivity contribution is 5.81. The lowest BCUT2D eigenvalue weighted by Crippen LogP contribution is -2.41. The van der Waals surface area contributed by atoms with E-state index in [1.165, 1.54) is 0 Å². The Hall–Kier alpha value is -3.26. The number of carbonyl (C=O) groups excluding carboxylic acids is 1. The smallest absolute Gasteiger partial charge is 0.407 e. The molecular weight excluding hydrogens is 342 g/mol. The Bertz CT molecular complexity index is 864. The first-order chi connectivity index (χ1) is 13.1. The van der Waals surface area contributed by atoms with Crippen LogP contribution in [0.25, 0.3) is 11.1 Å². The van der Waals surface area contributed by atoms with Gasteiger partial charge < -0.3 is 15.2 Å². The summed E-state index contributed by atoms with van der Waals surface area (Å²) in [7, 11) is 0. The third kappa shape index (κ3) is 4.12. The number of fused-ring (bicyclic) bond motifs is 3. The third-order valence-corrected chi connectivity index (χ3v) is 4.67. The first-order valence-corrected chi connectivity index (χ1v) is 8.85. The van der Waals surface area contributed by atoms with Crippen LogP contribution >= 0.6 is 0 Å². The van der Waals surface area contributed by atoms with Gasteiger partial charge in [0.15, 0.2) is 0 Å². The van der Waals surface area contributed by atoms with Crippen LogP contribution in [0.5, 0.6) is 0 Å². The van der Waals surface area contributed by atoms with E-state index in [9.17, 15) is 14.7 Å². The van der Waals surface area contributed by atoms with Crippen LogP contribution in [-0.4, -0.2) is 29.8 Å². The first kappa shape index (κ1) is 18.5. The van der Waals surface area contributed by atoms with Gasteiger partial charge in [-0.15, -0.1) is 11.8 Å². The summed E-state index contributed by atoms with van der Waals surface area (Å²) in [5.41, 5.74) is 4.51. The molecule has 0 fully saturated rings. The molecule has 0 aliphatic heterocycles. The van der Waals surface area contributed by atoms with Gasteiger partial charge in [-0.1, -0.05) is 48.5 Å². The minimum atomic E-state index is -1.10. The van der Waals surface area contributed by atoms with Crippen LogP contribution in [0.2, 0.25) is 0 Å². The molecule has 27 heavy (non-hydrogen) atoms. The lowest BCUT2D eigenvalue weighted by molar-refractivity contribution is -0.139. The van der Waals surface area contributed by atoms with Crippen LogP contribution in [0.1, 0.15) is 36.8 Å². The fourth-order valence-electron chi connectivity index (χ4n) is 3.38. The highest BCUT2D eigenvalue weighted by Gasteiger charge is 2.29. The molecule has 0 aromatic heterocycles. The number of rotatable bonds is 6. The minimum Gasteiger partial charge on any atom is -0.480 e. The number of benzene rings is 2. The third-order valence-electron chi connectivity index (χ3n) is 4.67. The van der Waals surface area contributed by atoms with Crippen molar-refractivity contribution < 1.29 is 19.4 Å². The van der Waals surface area contributed by atoms with Crippen LogP contribution in [-0.2, 0) is 9.53 Å². The average molecular weight is 363 g/mol. The predicted octanol–water partition coefficient (Wildman–Crippen LogP) is 3.78. The molecule has 2 aromatic carbocycles. The van der Waals surface area contributed by atoms with Crippen molar-refractivity contribution in [1.82, 2.24) is 5.32 Å². The molecule has 0 spiro atoms. The zero-order valence-electron chi connectivity index (χ0n) is 15.1. The fourth-order valence-corrected chi connectivity index (χ4v) is 3.38. The van der Waals surface area contributed by atoms with E-state index in [1.54, 1.807) is 6.92 Å². The number of nitrogens with one attached hydrogen (secondary N) is 1. The van der Waals surface area contributed by atoms with E-state index in [0.29, 0.717) is 6.42 Å². The summed E-state index contributed by atoms with van der Waals surface area (Å²) < 4.78 is 5.38. The highest BCUT2D eigenvalue weighted by atomic mass is 16.5. The number of carbonyl (C=O) groups is 2. The quantitative estimate of drug-likeness (QED) is 0.766. The molecule has 0 saturated carbocycles. The van der Waals surface area contributed by atoms with Crippen molar-refractivity contribution in [3.8, 4) is 23.0 Å². The largest absolute Gasteiger partial charge is 0.480 e. The van der Waals surface area contributed by atoms with Crippen LogP contribution in [0, 0.1) is 11.8 Å². The van der Waals surface area contributed by atoms with Crippen LogP contribution in [0.4, 0.5) is 4.79 Å². The van der Waals surface area contributed by atoms with Crippen molar-refractivity contribution in [1.29, 1.82) is 0 Å². The lowest BCUT2D eigenvalue weighted by atomic mass is 9.98. The topological polar surface area (TPSA) is 75.6 Å². The van der Waals surface area contributed by atoms with Gasteiger partial charge in [-0.25, -0.2) is 9.59 Å². The summed E-state index contributed by atoms with van der Waals surface area (Å²) in [6.45, 7) is 1.84. The number of carboxylic acid groups (broad SMARTS) is 1. The summed E-state index contributed by atoms with van der Waals surface area (Å²) in [6.07, 6.45) is -0.0916. The maximum atomic E-state index is 12.1. The molecule has 0 radical (unpaired) electrons. The molecule has 2 N–H and O–H groups in total. The maximum Gasteiger partial charge on any atom is 0.407 e. The summed E-state index contributed by atoms with van der Waals surface area (Å²) in [5.74, 6) is 4.36. The molecule has 2 aromatic rings. The molecule has 5 nitrogen and oxygen atoms in total. The van der Waals surface area contributed by atoms with Gasteiger partial charge in [0.2, 0.25) is 0 Å². The van der Waals surface area contributed by atoms with Crippen molar-refractivity contribution in [2.24, 2.45) is 0 Å². The van der Waals surface area contributed by atoms with Crippen LogP contribution in [0.3, 0.4) is 0 Å². The molecule has 0 heterocycles. The molecule has 138 valence electrons. The summed E-state index contributed by atoms with van der Waals surface area (Å²) >= 11 is 0. The maximum absolute atomic E-state index is 12.1. The summed E-state index contributed by atoms with van der Waals surface area (Å²) in [6, 6.07) is 15.1. The van der Waals surface area contributed by atoms with E-state index in [-0.39, 0.29) is 18.9 Å². The zero-order chi connectivity index (χ0) is 19.2. The minimum absolute atomic E-state index is 0.0580. The molecule has 1 aliphatic carbocycles. The van der Waals surface area contributed by atoms with E-state index < -0.39 is 18.1 Å². The van der Waals surface area contributed by atoms with E-state index in [0.717, 1.165) is 22.3 Å². The monoisotopic (exact) mass is 363 g/mol. The number of ether oxygens (including phenoxy) is 1. The number of alkyl carbamates (subject to hydrolysis) is 1. The number of hydrogen-bond acceptors (Lipinski definition) is 3. The number of amides is 1. The van der Waals surface area contributed by atoms with Crippen molar-refractivity contribution in [2.75, 3.05) is 6.61 Å². The normalized spacial score (nSPS) is 12.9. The van der Waals surface area contributed by atoms with E-state index >= 15 is 0 Å². The first-order valence-electron chi connectivity index (χ1n) is 8.85. The molecular formula is C22H21NO4. The van der Waals surface area contributed by atoms with Gasteiger partial charge in [-0.05, 0) is 35.6 Å². The Morgan fingerprint density at radius 1 is 1.11 bits per heavy atom. The van der Waals surface area contributed by atoms with E-state index in [4.69, 9.17) is 4.74 Å². The van der Waals surface area contributed by atoms with Crippen molar-refractivity contribution in [3.05, 3.63) is 59.7 Å². The Labute approximate surface area is 158 Å². The predicted molar refractivity (Wildman–Crippen MR) is 102 cm³/mol. The second-order valence-electron chi connectivity index (χ2n) is 6.33. The molecule has 0 saturated heterocycles. The standard InChI is InChI=1S/C22H21NO4/c1-2-3-4-13-20(21(24)25)23-22(26)27-14-19-17-11-7-5-9-15(17)16-10-6-8-12-18(16)19/h5-12,19-20H,4,13-14H2,1H3,(H,23,26)(H,24,25)/t20-/m0/s1. The van der Waals surface area contributed by atoms with Crippen molar-refractivity contribution in [2.45, 2.75) is 31.7 Å². The summed E-state index contributed by atoms with van der Waals surface area (Å²) in [5, 5.41) is 11.7. The van der Waals surface area contributed by atoms with Gasteiger partial charge in [0.25, 0.3) is 0 Å². The Kier molecular flexibility index (Phi) is 5.77. The van der Waals surface area contributed by atoms with E-state index in [2.05, 4.69) is 29.3 Å². The number of carboxylic acids is 1. The molecule has 1 amide bonds. The molecule has 3 rings (SSSR count). The SMILES string of the molecule is CC#CCC[C@H](NC(=O)OCC1c2ccccc2-c2ccccc21)C(=O)O. The van der Waals surface area contributed by atoms with E-state index in [1.807, 2.05) is 36.4 Å². The number of aliphatic carboxylic acids is 1. The Balaban J connectivity index is 1.66. The highest BCUT2D eigenvalue weighted by Crippen LogP contribution is 2.44. The molecule has 1 aliphatic rings. The number of hydrogen-bond donors (Lipinski definition) is 2. The second-order valence-corrected chi connectivity index (χ2v) is 6.33.